The molecule has 1 fully saturated rings. The van der Waals surface area contributed by atoms with Crippen molar-refractivity contribution >= 4 is 5.78 Å². The first kappa shape index (κ1) is 20.0. The van der Waals surface area contributed by atoms with Crippen molar-refractivity contribution in [2.45, 2.75) is 11.5 Å². The van der Waals surface area contributed by atoms with E-state index < -0.39 is 41.0 Å². The fourth-order valence-corrected chi connectivity index (χ4v) is 3.11. The summed E-state index contributed by atoms with van der Waals surface area (Å²) in [6.45, 7) is -0.719. The van der Waals surface area contributed by atoms with Gasteiger partial charge in [-0.3, -0.25) is 9.78 Å². The Bertz CT molecular complexity index is 1070. The first-order valence-corrected chi connectivity index (χ1v) is 8.98. The lowest BCUT2D eigenvalue weighted by Gasteiger charge is -2.24. The monoisotopic (exact) mass is 417 g/mol. The Hall–Kier alpha value is -3.26. The van der Waals surface area contributed by atoms with E-state index in [1.54, 1.807) is 30.3 Å². The highest BCUT2D eigenvalue weighted by Crippen LogP contribution is 2.56. The van der Waals surface area contributed by atoms with Crippen LogP contribution in [0.15, 0.2) is 66.9 Å². The van der Waals surface area contributed by atoms with E-state index in [0.717, 1.165) is 24.4 Å². The first-order chi connectivity index (χ1) is 14.3. The molecule has 0 radical (unpaired) electrons. The Kier molecular flexibility index (Phi) is 5.03. The van der Waals surface area contributed by atoms with Crippen LogP contribution in [0, 0.1) is 11.6 Å². The van der Waals surface area contributed by atoms with E-state index >= 15 is 8.78 Å². The molecule has 0 bridgehead atoms. The Labute approximate surface area is 169 Å². The first-order valence-electron chi connectivity index (χ1n) is 8.98. The Morgan fingerprint density at radius 1 is 1.10 bits per heavy atom. The molecule has 0 aliphatic carbocycles. The minimum absolute atomic E-state index is 0.123. The van der Waals surface area contributed by atoms with Crippen molar-refractivity contribution in [3.8, 4) is 5.75 Å². The summed E-state index contributed by atoms with van der Waals surface area (Å²) in [7, 11) is 0. The maximum Gasteiger partial charge on any atom is 0.324 e. The summed E-state index contributed by atoms with van der Waals surface area (Å²) in [5, 5.41) is 0. The van der Waals surface area contributed by atoms with Gasteiger partial charge in [-0.05, 0) is 24.3 Å². The summed E-state index contributed by atoms with van der Waals surface area (Å²) in [6, 6.07) is 13.1. The van der Waals surface area contributed by atoms with Gasteiger partial charge in [0.1, 0.15) is 23.1 Å². The lowest BCUT2D eigenvalue weighted by molar-refractivity contribution is -0.0902. The number of epoxide rings is 1. The number of ketones is 1. The number of benzene rings is 2. The zero-order valence-corrected chi connectivity index (χ0v) is 15.4. The fourth-order valence-electron chi connectivity index (χ4n) is 3.11. The zero-order chi connectivity index (χ0) is 21.4. The predicted octanol–water partition coefficient (Wildman–Crippen LogP) is 4.64. The highest BCUT2D eigenvalue weighted by molar-refractivity contribution is 5.97. The second-order valence-electron chi connectivity index (χ2n) is 6.77. The van der Waals surface area contributed by atoms with Gasteiger partial charge in [0.05, 0.1) is 12.8 Å². The van der Waals surface area contributed by atoms with E-state index in [4.69, 9.17) is 9.47 Å². The van der Waals surface area contributed by atoms with Crippen LogP contribution in [0.2, 0.25) is 0 Å². The number of Topliss-reactive ketones (excluding diaryl/α,β-unsaturated/α-hetero) is 1. The number of pyridine rings is 1. The zero-order valence-electron chi connectivity index (χ0n) is 15.4. The van der Waals surface area contributed by atoms with Crippen LogP contribution in [-0.2, 0) is 16.3 Å². The van der Waals surface area contributed by atoms with Gasteiger partial charge in [0, 0.05) is 17.2 Å². The normalized spacial score (nSPS) is 18.1. The molecule has 4 rings (SSSR count). The Morgan fingerprint density at radius 3 is 2.43 bits per heavy atom. The van der Waals surface area contributed by atoms with Crippen molar-refractivity contribution in [3.05, 3.63) is 95.3 Å². The summed E-state index contributed by atoms with van der Waals surface area (Å²) >= 11 is 0. The number of halogens is 4. The van der Waals surface area contributed by atoms with E-state index in [-0.39, 0.29) is 18.1 Å². The van der Waals surface area contributed by atoms with E-state index in [2.05, 4.69) is 4.98 Å². The molecule has 0 N–H and O–H groups in total. The van der Waals surface area contributed by atoms with Gasteiger partial charge in [0.2, 0.25) is 0 Å². The summed E-state index contributed by atoms with van der Waals surface area (Å²) in [4.78, 5) is 15.8. The quantitative estimate of drug-likeness (QED) is 0.319. The predicted molar refractivity (Wildman–Crippen MR) is 98.4 cm³/mol. The number of hydrogen-bond donors (Lipinski definition) is 0. The van der Waals surface area contributed by atoms with E-state index in [1.165, 1.54) is 6.07 Å². The fraction of sp³-hybridized carbons (Fsp3) is 0.182. The molecule has 1 unspecified atom stereocenters. The summed E-state index contributed by atoms with van der Waals surface area (Å²) in [5.41, 5.74) is -2.89. The molecule has 8 heteroatoms. The second kappa shape index (κ2) is 7.53. The number of aromatic nitrogens is 1. The van der Waals surface area contributed by atoms with Crippen LogP contribution in [0.3, 0.4) is 0 Å². The number of nitrogens with zero attached hydrogens (tertiary/aromatic N) is 1. The van der Waals surface area contributed by atoms with Gasteiger partial charge in [0.25, 0.3) is 0 Å². The number of rotatable bonds is 7. The Morgan fingerprint density at radius 2 is 1.83 bits per heavy atom. The number of carbonyl (C=O) groups is 1. The van der Waals surface area contributed by atoms with Gasteiger partial charge in [-0.25, -0.2) is 8.78 Å². The minimum atomic E-state index is -3.68. The SMILES string of the molecule is O=C(COc1ccc(C(F)(F)C2(c3ccc(F)cc3F)CO2)nc1)c1ccccc1. The van der Waals surface area contributed by atoms with Crippen LogP contribution in [0.5, 0.6) is 5.75 Å². The van der Waals surface area contributed by atoms with Crippen LogP contribution in [0.25, 0.3) is 0 Å². The van der Waals surface area contributed by atoms with Gasteiger partial charge in [0.15, 0.2) is 18.0 Å². The molecule has 1 aliphatic heterocycles. The van der Waals surface area contributed by atoms with E-state index in [1.807, 2.05) is 0 Å². The van der Waals surface area contributed by atoms with Gasteiger partial charge < -0.3 is 9.47 Å². The molecular weight excluding hydrogens is 402 g/mol. The molecule has 1 aromatic heterocycles. The molecule has 0 spiro atoms. The van der Waals surface area contributed by atoms with Crippen molar-refractivity contribution in [2.24, 2.45) is 0 Å². The van der Waals surface area contributed by atoms with Crippen molar-refractivity contribution in [1.82, 2.24) is 4.98 Å². The molecule has 2 heterocycles. The molecule has 0 amide bonds. The third kappa shape index (κ3) is 3.54. The maximum atomic E-state index is 15.1. The maximum absolute atomic E-state index is 15.1. The summed E-state index contributed by atoms with van der Waals surface area (Å²) in [6.07, 6.45) is 1.05. The van der Waals surface area contributed by atoms with Gasteiger partial charge in [-0.1, -0.05) is 30.3 Å². The lowest BCUT2D eigenvalue weighted by Crippen LogP contribution is -2.34. The molecule has 1 atom stereocenters. The van der Waals surface area contributed by atoms with Crippen LogP contribution in [-0.4, -0.2) is 24.0 Å². The number of hydrogen-bond acceptors (Lipinski definition) is 4. The smallest absolute Gasteiger partial charge is 0.324 e. The number of alkyl halides is 2. The standard InChI is InChI=1S/C22H15F4NO3/c23-15-6-8-17(18(24)10-15)21(13-30-21)22(25,26)20-9-7-16(11-27-20)29-12-19(28)14-4-2-1-3-5-14/h1-11H,12-13H2. The largest absolute Gasteiger partial charge is 0.484 e. The van der Waals surface area contributed by atoms with E-state index in [0.29, 0.717) is 11.6 Å². The molecular formula is C22H15F4NO3. The number of carbonyl (C=O) groups excluding carboxylic acids is 1. The summed E-state index contributed by atoms with van der Waals surface area (Å²) < 4.78 is 67.7. The molecule has 4 nitrogen and oxygen atoms in total. The minimum Gasteiger partial charge on any atom is -0.484 e. The third-order valence-corrected chi connectivity index (χ3v) is 4.83. The van der Waals surface area contributed by atoms with Crippen LogP contribution in [0.1, 0.15) is 21.6 Å². The molecule has 1 aliphatic rings. The van der Waals surface area contributed by atoms with Crippen molar-refractivity contribution in [1.29, 1.82) is 0 Å². The molecule has 1 saturated heterocycles. The molecule has 3 aromatic rings. The average molecular weight is 417 g/mol. The summed E-state index contributed by atoms with van der Waals surface area (Å²) in [5.74, 6) is -5.82. The highest BCUT2D eigenvalue weighted by Gasteiger charge is 2.68. The van der Waals surface area contributed by atoms with E-state index in [9.17, 15) is 13.6 Å². The number of ether oxygens (including phenoxy) is 2. The highest BCUT2D eigenvalue weighted by atomic mass is 19.3. The third-order valence-electron chi connectivity index (χ3n) is 4.83. The van der Waals surface area contributed by atoms with Crippen LogP contribution >= 0.6 is 0 Å². The molecule has 30 heavy (non-hydrogen) atoms. The Balaban J connectivity index is 1.50. The lowest BCUT2D eigenvalue weighted by atomic mass is 9.90. The van der Waals surface area contributed by atoms with Gasteiger partial charge in [-0.15, -0.1) is 0 Å². The topological polar surface area (TPSA) is 51.7 Å². The van der Waals surface area contributed by atoms with Crippen molar-refractivity contribution in [2.75, 3.05) is 13.2 Å². The van der Waals surface area contributed by atoms with Gasteiger partial charge in [-0.2, -0.15) is 8.78 Å². The molecule has 0 saturated carbocycles. The second-order valence-corrected chi connectivity index (χ2v) is 6.77. The van der Waals surface area contributed by atoms with Crippen LogP contribution < -0.4 is 4.74 Å². The molecule has 2 aromatic carbocycles. The van der Waals surface area contributed by atoms with Crippen LogP contribution in [0.4, 0.5) is 17.6 Å². The molecule has 154 valence electrons. The van der Waals surface area contributed by atoms with Gasteiger partial charge >= 0.3 is 5.92 Å². The van der Waals surface area contributed by atoms with Crippen molar-refractivity contribution in [3.63, 3.8) is 0 Å². The van der Waals surface area contributed by atoms with Crippen molar-refractivity contribution < 1.29 is 31.8 Å². The average Bonchev–Trinajstić information content (AvgIpc) is 3.55.